The fourth-order valence-corrected chi connectivity index (χ4v) is 5.69. The maximum Gasteiger partial charge on any atom is 0.264 e. The molecule has 176 valence electrons. The number of amides is 2. The maximum atomic E-state index is 15.3. The van der Waals surface area contributed by atoms with E-state index in [1.54, 1.807) is 11.0 Å². The summed E-state index contributed by atoms with van der Waals surface area (Å²) >= 11 is 0. The Labute approximate surface area is 193 Å². The standard InChI is InChI=1S/C26H31FN2O4/c1-16-23(25(3,4)27)22(12-13-30)33-26(16)20-10-5-6-11-21(20)29(24(26)32)15-18-8-7-9-19(14-18)28-17(2)31/h5-11,14,16,22-23,30H,12-13,15H2,1-4H3,(H,28,31)/t16-,22+,23-,26+/m0/s1. The van der Waals surface area contributed by atoms with E-state index in [2.05, 4.69) is 5.32 Å². The molecule has 4 rings (SSSR count). The van der Waals surface area contributed by atoms with Gasteiger partial charge in [0.15, 0.2) is 5.60 Å². The van der Waals surface area contributed by atoms with Gasteiger partial charge in [0, 0.05) is 36.6 Å². The highest BCUT2D eigenvalue weighted by Crippen LogP contribution is 2.58. The first-order valence-corrected chi connectivity index (χ1v) is 11.3. The Morgan fingerprint density at radius 3 is 2.64 bits per heavy atom. The van der Waals surface area contributed by atoms with Crippen LogP contribution in [0.1, 0.15) is 45.2 Å². The number of anilines is 2. The van der Waals surface area contributed by atoms with Crippen molar-refractivity contribution in [1.82, 2.24) is 0 Å². The van der Waals surface area contributed by atoms with Gasteiger partial charge in [-0.1, -0.05) is 37.3 Å². The number of halogens is 1. The molecule has 0 unspecified atom stereocenters. The number of fused-ring (bicyclic) bond motifs is 2. The van der Waals surface area contributed by atoms with Crippen molar-refractivity contribution >= 4 is 23.2 Å². The quantitative estimate of drug-likeness (QED) is 0.687. The van der Waals surface area contributed by atoms with E-state index < -0.39 is 29.2 Å². The lowest BCUT2D eigenvalue weighted by Crippen LogP contribution is -2.45. The molecule has 1 spiro atoms. The fraction of sp³-hybridized carbons (Fsp3) is 0.462. The summed E-state index contributed by atoms with van der Waals surface area (Å²) in [4.78, 5) is 27.2. The van der Waals surface area contributed by atoms with Crippen molar-refractivity contribution in [3.63, 3.8) is 0 Å². The molecule has 0 bridgehead atoms. The van der Waals surface area contributed by atoms with Gasteiger partial charge in [-0.25, -0.2) is 4.39 Å². The Balaban J connectivity index is 1.75. The van der Waals surface area contributed by atoms with E-state index in [4.69, 9.17) is 4.74 Å². The van der Waals surface area contributed by atoms with Crippen LogP contribution in [0.25, 0.3) is 0 Å². The number of aliphatic hydroxyl groups is 1. The van der Waals surface area contributed by atoms with Crippen molar-refractivity contribution in [3.8, 4) is 0 Å². The monoisotopic (exact) mass is 454 g/mol. The van der Waals surface area contributed by atoms with Gasteiger partial charge >= 0.3 is 0 Å². The van der Waals surface area contributed by atoms with Gasteiger partial charge in [-0.3, -0.25) is 9.59 Å². The number of nitrogens with one attached hydrogen (secondary N) is 1. The fourth-order valence-electron chi connectivity index (χ4n) is 5.69. The minimum absolute atomic E-state index is 0.143. The van der Waals surface area contributed by atoms with Crippen molar-refractivity contribution in [2.45, 2.75) is 58.0 Å². The molecular weight excluding hydrogens is 423 g/mol. The van der Waals surface area contributed by atoms with Crippen LogP contribution in [0.15, 0.2) is 48.5 Å². The number of alkyl halides is 1. The minimum atomic E-state index is -1.59. The number of hydrogen-bond donors (Lipinski definition) is 2. The number of para-hydroxylation sites is 1. The van der Waals surface area contributed by atoms with E-state index in [0.717, 1.165) is 16.8 Å². The van der Waals surface area contributed by atoms with E-state index in [9.17, 15) is 14.7 Å². The molecule has 0 aliphatic carbocycles. The zero-order chi connectivity index (χ0) is 24.0. The molecule has 1 saturated heterocycles. The molecule has 2 aliphatic rings. The van der Waals surface area contributed by atoms with Crippen LogP contribution in [-0.2, 0) is 26.5 Å². The number of rotatable bonds is 6. The summed E-state index contributed by atoms with van der Waals surface area (Å²) in [5.41, 5.74) is 0.0796. The van der Waals surface area contributed by atoms with Crippen LogP contribution >= 0.6 is 0 Å². The number of carbonyl (C=O) groups excluding carboxylic acids is 2. The molecule has 2 heterocycles. The van der Waals surface area contributed by atoms with Gasteiger partial charge in [0.2, 0.25) is 5.91 Å². The Kier molecular flexibility index (Phi) is 6.05. The highest BCUT2D eigenvalue weighted by molar-refractivity contribution is 6.07. The SMILES string of the molecule is CC(=O)Nc1cccc(CN2C(=O)[C@]3(O[C@H](CCO)[C@@H](C(C)(C)F)[C@@H]3C)c3ccccc32)c1. The first-order chi connectivity index (χ1) is 15.6. The molecule has 6 nitrogen and oxygen atoms in total. The highest BCUT2D eigenvalue weighted by Gasteiger charge is 2.65. The number of aliphatic hydroxyl groups excluding tert-OH is 1. The molecule has 2 aromatic carbocycles. The molecule has 2 aliphatic heterocycles. The summed E-state index contributed by atoms with van der Waals surface area (Å²) in [6.07, 6.45) is -0.316. The topological polar surface area (TPSA) is 78.9 Å². The van der Waals surface area contributed by atoms with Crippen molar-refractivity contribution < 1.29 is 23.8 Å². The molecule has 0 aromatic heterocycles. The summed E-state index contributed by atoms with van der Waals surface area (Å²) in [5.74, 6) is -1.38. The van der Waals surface area contributed by atoms with E-state index in [1.807, 2.05) is 49.4 Å². The maximum absolute atomic E-state index is 15.3. The molecule has 0 radical (unpaired) electrons. The lowest BCUT2D eigenvalue weighted by molar-refractivity contribution is -0.146. The summed E-state index contributed by atoms with van der Waals surface area (Å²) in [6, 6.07) is 14.8. The zero-order valence-electron chi connectivity index (χ0n) is 19.5. The van der Waals surface area contributed by atoms with Crippen LogP contribution < -0.4 is 10.2 Å². The van der Waals surface area contributed by atoms with Gasteiger partial charge in [-0.05, 0) is 44.0 Å². The number of benzene rings is 2. The number of nitrogens with zero attached hydrogens (tertiary/aromatic N) is 1. The lowest BCUT2D eigenvalue weighted by Gasteiger charge is -2.32. The third-order valence-corrected chi connectivity index (χ3v) is 6.87. The number of hydrogen-bond acceptors (Lipinski definition) is 4. The average molecular weight is 455 g/mol. The molecular formula is C26H31FN2O4. The zero-order valence-corrected chi connectivity index (χ0v) is 19.5. The van der Waals surface area contributed by atoms with Crippen LogP contribution in [0.4, 0.5) is 15.8 Å². The predicted octanol–water partition coefficient (Wildman–Crippen LogP) is 4.17. The Morgan fingerprint density at radius 1 is 1.24 bits per heavy atom. The van der Waals surface area contributed by atoms with Crippen LogP contribution in [0.2, 0.25) is 0 Å². The van der Waals surface area contributed by atoms with Gasteiger partial charge in [-0.2, -0.15) is 0 Å². The summed E-state index contributed by atoms with van der Waals surface area (Å²) < 4.78 is 21.8. The Bertz CT molecular complexity index is 1070. The molecule has 33 heavy (non-hydrogen) atoms. The molecule has 7 heteroatoms. The first-order valence-electron chi connectivity index (χ1n) is 11.3. The Hall–Kier alpha value is -2.77. The normalized spacial score (nSPS) is 26.7. The molecule has 2 amide bonds. The summed E-state index contributed by atoms with van der Waals surface area (Å²) in [7, 11) is 0. The van der Waals surface area contributed by atoms with Gasteiger partial charge in [0.05, 0.1) is 18.3 Å². The predicted molar refractivity (Wildman–Crippen MR) is 124 cm³/mol. The van der Waals surface area contributed by atoms with Crippen molar-refractivity contribution in [2.24, 2.45) is 11.8 Å². The van der Waals surface area contributed by atoms with Gasteiger partial charge in [-0.15, -0.1) is 0 Å². The third kappa shape index (κ3) is 3.93. The molecule has 0 saturated carbocycles. The molecule has 2 aromatic rings. The molecule has 1 fully saturated rings. The second-order valence-corrected chi connectivity index (χ2v) is 9.57. The largest absolute Gasteiger partial charge is 0.396 e. The van der Waals surface area contributed by atoms with E-state index >= 15 is 4.39 Å². The summed E-state index contributed by atoms with van der Waals surface area (Å²) in [6.45, 7) is 6.49. The van der Waals surface area contributed by atoms with Crippen molar-refractivity contribution in [1.29, 1.82) is 0 Å². The smallest absolute Gasteiger partial charge is 0.264 e. The van der Waals surface area contributed by atoms with Crippen molar-refractivity contribution in [3.05, 3.63) is 59.7 Å². The van der Waals surface area contributed by atoms with Crippen LogP contribution in [-0.4, -0.2) is 35.3 Å². The lowest BCUT2D eigenvalue weighted by atomic mass is 9.71. The average Bonchev–Trinajstić information content (AvgIpc) is 3.16. The molecule has 2 N–H and O–H groups in total. The van der Waals surface area contributed by atoms with Crippen LogP contribution in [0.3, 0.4) is 0 Å². The van der Waals surface area contributed by atoms with Gasteiger partial charge < -0.3 is 20.1 Å². The second kappa shape index (κ2) is 8.54. The van der Waals surface area contributed by atoms with Crippen molar-refractivity contribution in [2.75, 3.05) is 16.8 Å². The first kappa shape index (κ1) is 23.4. The van der Waals surface area contributed by atoms with E-state index in [-0.39, 0.29) is 31.4 Å². The number of ether oxygens (including phenoxy) is 1. The minimum Gasteiger partial charge on any atom is -0.396 e. The summed E-state index contributed by atoms with van der Waals surface area (Å²) in [5, 5.41) is 12.4. The van der Waals surface area contributed by atoms with E-state index in [0.29, 0.717) is 5.69 Å². The van der Waals surface area contributed by atoms with Crippen LogP contribution in [0, 0.1) is 11.8 Å². The Morgan fingerprint density at radius 2 is 1.97 bits per heavy atom. The van der Waals surface area contributed by atoms with Gasteiger partial charge in [0.1, 0.15) is 5.67 Å². The van der Waals surface area contributed by atoms with E-state index in [1.165, 1.54) is 20.8 Å². The second-order valence-electron chi connectivity index (χ2n) is 9.57. The van der Waals surface area contributed by atoms with Gasteiger partial charge in [0.25, 0.3) is 5.91 Å². The third-order valence-electron chi connectivity index (χ3n) is 6.87. The molecule has 4 atom stereocenters. The highest BCUT2D eigenvalue weighted by atomic mass is 19.1. The number of carbonyl (C=O) groups is 2. The van der Waals surface area contributed by atoms with Crippen LogP contribution in [0.5, 0.6) is 0 Å².